The summed E-state index contributed by atoms with van der Waals surface area (Å²) in [6.07, 6.45) is 1.28. The van der Waals surface area contributed by atoms with E-state index in [-0.39, 0.29) is 11.8 Å². The minimum absolute atomic E-state index is 0.355. The van der Waals surface area contributed by atoms with Gasteiger partial charge in [-0.25, -0.2) is 0 Å². The van der Waals surface area contributed by atoms with Crippen LogP contribution in [0.5, 0.6) is 0 Å². The van der Waals surface area contributed by atoms with Gasteiger partial charge in [-0.3, -0.25) is 9.59 Å². The molecule has 2 aromatic rings. The number of carbonyl (C=O) groups is 3. The molecule has 0 spiro atoms. The summed E-state index contributed by atoms with van der Waals surface area (Å²) in [5, 5.41) is 17.7. The smallest absolute Gasteiger partial charge is 0.310 e. The molecule has 2 aromatic carbocycles. The number of aliphatic carboxylic acids is 2. The lowest BCUT2D eigenvalue weighted by atomic mass is 9.97. The second-order valence-electron chi connectivity index (χ2n) is 5.42. The van der Waals surface area contributed by atoms with Gasteiger partial charge in [0.25, 0.3) is 0 Å². The summed E-state index contributed by atoms with van der Waals surface area (Å²) >= 11 is 0. The Morgan fingerprint density at radius 3 is 1.19 bits per heavy atom. The van der Waals surface area contributed by atoms with Gasteiger partial charge in [0.1, 0.15) is 6.79 Å². The van der Waals surface area contributed by atoms with Gasteiger partial charge >= 0.3 is 11.9 Å². The Labute approximate surface area is 154 Å². The van der Waals surface area contributed by atoms with Crippen LogP contribution in [0.25, 0.3) is 0 Å². The molecule has 0 aliphatic carbocycles. The molecule has 2 rings (SSSR count). The van der Waals surface area contributed by atoms with E-state index < -0.39 is 11.9 Å². The summed E-state index contributed by atoms with van der Waals surface area (Å²) in [5.74, 6) is -2.20. The van der Waals surface area contributed by atoms with Crippen LogP contribution in [-0.4, -0.2) is 28.9 Å². The molecule has 0 aromatic heterocycles. The molecular formula is C21H26O5. The fourth-order valence-electron chi connectivity index (χ4n) is 2.48. The van der Waals surface area contributed by atoms with Gasteiger partial charge in [-0.2, -0.15) is 0 Å². The standard InChI is InChI=1S/2C10H12O2.CH2O/c2*1-2-9(10(11)12)8-6-4-3-5-7-8;1-2/h2*3-7,9H,2H2,1H3,(H,11,12);1H2. The van der Waals surface area contributed by atoms with Gasteiger partial charge < -0.3 is 15.0 Å². The van der Waals surface area contributed by atoms with Crippen LogP contribution in [0.4, 0.5) is 0 Å². The first-order valence-electron chi connectivity index (χ1n) is 8.35. The van der Waals surface area contributed by atoms with Crippen molar-refractivity contribution in [1.29, 1.82) is 0 Å². The molecule has 0 saturated carbocycles. The fraction of sp³-hybridized carbons (Fsp3) is 0.286. The van der Waals surface area contributed by atoms with Gasteiger partial charge in [0, 0.05) is 0 Å². The van der Waals surface area contributed by atoms with Gasteiger partial charge in [-0.15, -0.1) is 0 Å². The Balaban J connectivity index is 0.000000439. The summed E-state index contributed by atoms with van der Waals surface area (Å²) in [5.41, 5.74) is 1.76. The van der Waals surface area contributed by atoms with Gasteiger partial charge in [-0.1, -0.05) is 74.5 Å². The monoisotopic (exact) mass is 358 g/mol. The van der Waals surface area contributed by atoms with Crippen LogP contribution in [0.15, 0.2) is 60.7 Å². The van der Waals surface area contributed by atoms with Crippen molar-refractivity contribution in [2.24, 2.45) is 0 Å². The van der Waals surface area contributed by atoms with Gasteiger partial charge in [0.2, 0.25) is 0 Å². The van der Waals surface area contributed by atoms with Crippen molar-refractivity contribution >= 4 is 18.7 Å². The number of carboxylic acid groups (broad SMARTS) is 2. The molecule has 0 bridgehead atoms. The van der Waals surface area contributed by atoms with E-state index in [2.05, 4.69) is 0 Å². The quantitative estimate of drug-likeness (QED) is 0.801. The molecule has 0 fully saturated rings. The first-order chi connectivity index (χ1) is 12.5. The molecule has 2 unspecified atom stereocenters. The second kappa shape index (κ2) is 13.4. The van der Waals surface area contributed by atoms with Crippen molar-refractivity contribution < 1.29 is 24.6 Å². The van der Waals surface area contributed by atoms with Crippen molar-refractivity contribution in [3.8, 4) is 0 Å². The lowest BCUT2D eigenvalue weighted by Crippen LogP contribution is -2.09. The van der Waals surface area contributed by atoms with Gasteiger partial charge in [0.15, 0.2) is 0 Å². The van der Waals surface area contributed by atoms with Crippen molar-refractivity contribution in [3.63, 3.8) is 0 Å². The first-order valence-corrected chi connectivity index (χ1v) is 8.35. The minimum atomic E-state index is -0.747. The number of hydrogen-bond donors (Lipinski definition) is 2. The van der Waals surface area contributed by atoms with E-state index in [4.69, 9.17) is 15.0 Å². The molecule has 0 aliphatic heterocycles. The number of carboxylic acids is 2. The van der Waals surface area contributed by atoms with Crippen molar-refractivity contribution in [2.45, 2.75) is 38.5 Å². The lowest BCUT2D eigenvalue weighted by molar-refractivity contribution is -0.139. The summed E-state index contributed by atoms with van der Waals surface area (Å²) in [6, 6.07) is 18.6. The molecule has 0 radical (unpaired) electrons. The maximum Gasteiger partial charge on any atom is 0.310 e. The zero-order chi connectivity index (χ0) is 19.9. The summed E-state index contributed by atoms with van der Waals surface area (Å²) in [6.45, 7) is 5.76. The maximum atomic E-state index is 10.7. The molecule has 2 atom stereocenters. The third kappa shape index (κ3) is 7.75. The Bertz CT molecular complexity index is 582. The fourth-order valence-corrected chi connectivity index (χ4v) is 2.48. The predicted octanol–water partition coefficient (Wildman–Crippen LogP) is 4.34. The van der Waals surface area contributed by atoms with E-state index >= 15 is 0 Å². The first kappa shape index (κ1) is 23.1. The number of carbonyl (C=O) groups excluding carboxylic acids is 1. The SMILES string of the molecule is C=O.CCC(C(=O)O)c1ccccc1.CCC(C(=O)O)c1ccccc1. The minimum Gasteiger partial charge on any atom is -0.481 e. The Morgan fingerprint density at radius 1 is 0.731 bits per heavy atom. The molecule has 5 heteroatoms. The zero-order valence-electron chi connectivity index (χ0n) is 15.2. The van der Waals surface area contributed by atoms with E-state index in [0.717, 1.165) is 11.1 Å². The van der Waals surface area contributed by atoms with Crippen LogP contribution in [0.2, 0.25) is 0 Å². The Kier molecular flexibility index (Phi) is 11.8. The molecule has 0 saturated heterocycles. The molecular weight excluding hydrogens is 332 g/mol. The van der Waals surface area contributed by atoms with E-state index in [0.29, 0.717) is 12.8 Å². The summed E-state index contributed by atoms with van der Waals surface area (Å²) in [7, 11) is 0. The van der Waals surface area contributed by atoms with Crippen LogP contribution in [0.3, 0.4) is 0 Å². The Morgan fingerprint density at radius 2 is 1.00 bits per heavy atom. The van der Waals surface area contributed by atoms with Gasteiger partial charge in [0.05, 0.1) is 11.8 Å². The third-order valence-corrected chi connectivity index (χ3v) is 3.82. The molecule has 26 heavy (non-hydrogen) atoms. The topological polar surface area (TPSA) is 91.7 Å². The molecule has 5 nitrogen and oxygen atoms in total. The van der Waals surface area contributed by atoms with Crippen LogP contribution in [0.1, 0.15) is 49.7 Å². The predicted molar refractivity (Wildman–Crippen MR) is 101 cm³/mol. The van der Waals surface area contributed by atoms with Crippen molar-refractivity contribution in [2.75, 3.05) is 0 Å². The van der Waals surface area contributed by atoms with Crippen molar-refractivity contribution in [3.05, 3.63) is 71.8 Å². The van der Waals surface area contributed by atoms with Gasteiger partial charge in [-0.05, 0) is 24.0 Å². The van der Waals surface area contributed by atoms with E-state index in [1.54, 1.807) is 0 Å². The molecule has 2 N–H and O–H groups in total. The number of rotatable bonds is 6. The highest BCUT2D eigenvalue weighted by atomic mass is 16.4. The molecule has 140 valence electrons. The van der Waals surface area contributed by atoms with E-state index in [1.165, 1.54) is 0 Å². The van der Waals surface area contributed by atoms with Crippen molar-refractivity contribution in [1.82, 2.24) is 0 Å². The van der Waals surface area contributed by atoms with E-state index in [1.807, 2.05) is 81.3 Å². The number of hydrogen-bond acceptors (Lipinski definition) is 3. The highest BCUT2D eigenvalue weighted by molar-refractivity contribution is 5.76. The molecule has 0 amide bonds. The second-order valence-corrected chi connectivity index (χ2v) is 5.42. The molecule has 0 heterocycles. The average Bonchev–Trinajstić information content (AvgIpc) is 2.66. The highest BCUT2D eigenvalue weighted by Crippen LogP contribution is 2.19. The maximum absolute atomic E-state index is 10.7. The Hall–Kier alpha value is -2.95. The molecule has 0 aliphatic rings. The van der Waals surface area contributed by atoms with E-state index in [9.17, 15) is 9.59 Å². The average molecular weight is 358 g/mol. The van der Waals surface area contributed by atoms with Crippen LogP contribution in [0, 0.1) is 0 Å². The lowest BCUT2D eigenvalue weighted by Gasteiger charge is -2.08. The largest absolute Gasteiger partial charge is 0.481 e. The highest BCUT2D eigenvalue weighted by Gasteiger charge is 2.16. The summed E-state index contributed by atoms with van der Waals surface area (Å²) in [4.78, 5) is 29.5. The summed E-state index contributed by atoms with van der Waals surface area (Å²) < 4.78 is 0. The van der Waals surface area contributed by atoms with Crippen LogP contribution >= 0.6 is 0 Å². The normalized spacial score (nSPS) is 11.6. The zero-order valence-corrected chi connectivity index (χ0v) is 15.2. The van der Waals surface area contributed by atoms with Crippen LogP contribution < -0.4 is 0 Å². The van der Waals surface area contributed by atoms with Crippen LogP contribution in [-0.2, 0) is 14.4 Å². The third-order valence-electron chi connectivity index (χ3n) is 3.82. The number of benzene rings is 2.